The molecule has 0 spiro atoms. The zero-order valence-electron chi connectivity index (χ0n) is 11.7. The van der Waals surface area contributed by atoms with Crippen LogP contribution in [0.15, 0.2) is 27.2 Å². The Kier molecular flexibility index (Phi) is 4.68. The monoisotopic (exact) mass is 297 g/mol. The third-order valence-electron chi connectivity index (χ3n) is 3.90. The maximum absolute atomic E-state index is 5.72. The molecule has 5 heteroatoms. The second-order valence-electron chi connectivity index (χ2n) is 5.20. The Hall–Kier alpha value is -0.810. The number of hydrogen-bond acceptors (Lipinski definition) is 2. The fraction of sp³-hybridized carbons (Fsp3) is 0.571. The van der Waals surface area contributed by atoms with Crippen LogP contribution in [-0.4, -0.2) is 16.4 Å². The van der Waals surface area contributed by atoms with Gasteiger partial charge in [0.1, 0.15) is 0 Å². The number of rotatable bonds is 4. The van der Waals surface area contributed by atoms with Crippen molar-refractivity contribution in [2.75, 3.05) is 5.75 Å². The summed E-state index contributed by atoms with van der Waals surface area (Å²) in [5.41, 5.74) is 10.5. The van der Waals surface area contributed by atoms with Crippen molar-refractivity contribution in [2.45, 2.75) is 46.0 Å². The lowest BCUT2D eigenvalue weighted by molar-refractivity contribution is 0.685. The number of aliphatic imine (C=N–C) groups is 1. The van der Waals surface area contributed by atoms with Crippen LogP contribution in [0.4, 0.5) is 0 Å². The number of thiocarbonyl (C=S) groups is 1. The van der Waals surface area contributed by atoms with Crippen LogP contribution in [0, 0.1) is 0 Å². The first-order chi connectivity index (χ1) is 9.03. The van der Waals surface area contributed by atoms with Gasteiger partial charge in [0, 0.05) is 16.4 Å². The lowest BCUT2D eigenvalue weighted by Gasteiger charge is -2.36. The molecule has 2 rings (SSSR count). The van der Waals surface area contributed by atoms with E-state index < -0.39 is 10.2 Å². The van der Waals surface area contributed by atoms with Crippen LogP contribution < -0.4 is 10.5 Å². The summed E-state index contributed by atoms with van der Waals surface area (Å²) in [4.78, 5) is 5.80. The van der Waals surface area contributed by atoms with E-state index in [4.69, 9.17) is 18.0 Å². The summed E-state index contributed by atoms with van der Waals surface area (Å²) in [5, 5.41) is 0.383. The second-order valence-corrected chi connectivity index (χ2v) is 8.66. The molecule has 0 fully saturated rings. The Morgan fingerprint density at radius 1 is 1.47 bits per heavy atom. The standard InChI is InChI=1S/C14H23N3S2/c1-11-12(2)19(10-16-11,17-14(15)18)9-8-13-6-4-3-5-7-13/h6,10H,3-5,7-9H2,1-2H3,(H3,15,17,18). The number of nitrogens with two attached hydrogens (primary N) is 1. The van der Waals surface area contributed by atoms with Gasteiger partial charge in [0.2, 0.25) is 0 Å². The zero-order valence-corrected chi connectivity index (χ0v) is 13.4. The first-order valence-corrected chi connectivity index (χ1v) is 9.08. The predicted molar refractivity (Wildman–Crippen MR) is 90.4 cm³/mol. The van der Waals surface area contributed by atoms with Gasteiger partial charge >= 0.3 is 0 Å². The minimum Gasteiger partial charge on any atom is -0.376 e. The molecule has 19 heavy (non-hydrogen) atoms. The highest BCUT2D eigenvalue weighted by Gasteiger charge is 2.30. The fourth-order valence-electron chi connectivity index (χ4n) is 2.57. The van der Waals surface area contributed by atoms with Crippen LogP contribution in [0.25, 0.3) is 0 Å². The van der Waals surface area contributed by atoms with E-state index in [-0.39, 0.29) is 0 Å². The Bertz CT molecular complexity index is 465. The molecule has 1 unspecified atom stereocenters. The molecule has 3 nitrogen and oxygen atoms in total. The molecule has 1 aliphatic heterocycles. The average Bonchev–Trinajstić information content (AvgIpc) is 2.66. The van der Waals surface area contributed by atoms with Crippen molar-refractivity contribution >= 4 is 33.1 Å². The molecule has 0 saturated heterocycles. The largest absolute Gasteiger partial charge is 0.376 e. The SMILES string of the molecule is CC1=C(C)S(CCC2=CCCCC2)(NC(N)=S)C=N1. The summed E-state index contributed by atoms with van der Waals surface area (Å²) < 4.78 is 3.33. The van der Waals surface area contributed by atoms with E-state index in [1.165, 1.54) is 30.6 Å². The number of nitrogens with zero attached hydrogens (tertiary/aromatic N) is 1. The quantitative estimate of drug-likeness (QED) is 0.614. The van der Waals surface area contributed by atoms with E-state index in [0.717, 1.165) is 17.9 Å². The van der Waals surface area contributed by atoms with Gasteiger partial charge in [-0.2, -0.15) is 0 Å². The smallest absolute Gasteiger partial charge is 0.173 e. The fourth-order valence-corrected chi connectivity index (χ4v) is 5.75. The highest BCUT2D eigenvalue weighted by atomic mass is 32.3. The highest BCUT2D eigenvalue weighted by Crippen LogP contribution is 2.55. The minimum atomic E-state index is -1.26. The molecular weight excluding hydrogens is 274 g/mol. The average molecular weight is 297 g/mol. The molecule has 0 saturated carbocycles. The highest BCUT2D eigenvalue weighted by molar-refractivity contribution is 8.46. The number of allylic oxidation sites excluding steroid dienone is 4. The summed E-state index contributed by atoms with van der Waals surface area (Å²) >= 11 is 5.05. The van der Waals surface area contributed by atoms with Gasteiger partial charge in [-0.15, -0.1) is 10.2 Å². The van der Waals surface area contributed by atoms with Crippen molar-refractivity contribution in [3.63, 3.8) is 0 Å². The molecule has 0 aromatic rings. The Morgan fingerprint density at radius 2 is 2.26 bits per heavy atom. The van der Waals surface area contributed by atoms with Crippen LogP contribution in [0.1, 0.15) is 46.0 Å². The van der Waals surface area contributed by atoms with Crippen LogP contribution in [0.2, 0.25) is 0 Å². The van der Waals surface area contributed by atoms with Crippen LogP contribution in [0.3, 0.4) is 0 Å². The van der Waals surface area contributed by atoms with E-state index >= 15 is 0 Å². The molecule has 0 radical (unpaired) electrons. The Morgan fingerprint density at radius 3 is 2.79 bits per heavy atom. The van der Waals surface area contributed by atoms with Crippen molar-refractivity contribution < 1.29 is 0 Å². The van der Waals surface area contributed by atoms with E-state index in [1.807, 2.05) is 0 Å². The normalized spacial score (nSPS) is 29.9. The molecule has 106 valence electrons. The summed E-state index contributed by atoms with van der Waals surface area (Å²) in [6.07, 6.45) is 8.70. The second kappa shape index (κ2) is 6.09. The predicted octanol–water partition coefficient (Wildman–Crippen LogP) is 3.72. The van der Waals surface area contributed by atoms with Crippen molar-refractivity contribution in [3.05, 3.63) is 22.3 Å². The van der Waals surface area contributed by atoms with Gasteiger partial charge in [-0.25, -0.2) is 0 Å². The van der Waals surface area contributed by atoms with Gasteiger partial charge in [0.25, 0.3) is 0 Å². The molecule has 1 aliphatic carbocycles. The van der Waals surface area contributed by atoms with Gasteiger partial charge in [-0.3, -0.25) is 4.99 Å². The van der Waals surface area contributed by atoms with Crippen LogP contribution >= 0.6 is 22.4 Å². The molecule has 0 bridgehead atoms. The van der Waals surface area contributed by atoms with Gasteiger partial charge in [-0.1, -0.05) is 11.6 Å². The van der Waals surface area contributed by atoms with E-state index in [0.29, 0.717) is 5.11 Å². The summed E-state index contributed by atoms with van der Waals surface area (Å²) in [5.74, 6) is 1.06. The molecular formula is C14H23N3S2. The van der Waals surface area contributed by atoms with Crippen molar-refractivity contribution in [1.82, 2.24) is 4.72 Å². The third kappa shape index (κ3) is 3.39. The van der Waals surface area contributed by atoms with Gasteiger partial charge < -0.3 is 10.5 Å². The summed E-state index contributed by atoms with van der Waals surface area (Å²) in [6.45, 7) is 4.21. The molecule has 0 aromatic carbocycles. The lowest BCUT2D eigenvalue weighted by Crippen LogP contribution is -2.34. The topological polar surface area (TPSA) is 50.4 Å². The first-order valence-electron chi connectivity index (χ1n) is 6.81. The summed E-state index contributed by atoms with van der Waals surface area (Å²) in [7, 11) is -1.26. The van der Waals surface area contributed by atoms with Gasteiger partial charge in [0.05, 0.1) is 5.55 Å². The van der Waals surface area contributed by atoms with Crippen molar-refractivity contribution in [2.24, 2.45) is 10.7 Å². The van der Waals surface area contributed by atoms with Crippen LogP contribution in [-0.2, 0) is 0 Å². The number of hydrogen-bond donors (Lipinski definition) is 2. The van der Waals surface area contributed by atoms with Crippen molar-refractivity contribution in [3.8, 4) is 0 Å². The molecule has 3 N–H and O–H groups in total. The van der Waals surface area contributed by atoms with Gasteiger partial charge in [0.15, 0.2) is 5.11 Å². The molecule has 0 amide bonds. The Balaban J connectivity index is 2.09. The first kappa shape index (κ1) is 14.6. The maximum atomic E-state index is 5.72. The lowest BCUT2D eigenvalue weighted by atomic mass is 9.98. The van der Waals surface area contributed by atoms with E-state index in [2.05, 4.69) is 35.2 Å². The number of nitrogens with one attached hydrogen (secondary N) is 1. The van der Waals surface area contributed by atoms with Crippen molar-refractivity contribution in [1.29, 1.82) is 0 Å². The molecule has 1 atom stereocenters. The van der Waals surface area contributed by atoms with Gasteiger partial charge in [-0.05, 0) is 58.2 Å². The third-order valence-corrected chi connectivity index (χ3v) is 7.41. The summed E-state index contributed by atoms with van der Waals surface area (Å²) in [6, 6.07) is 0. The zero-order chi connectivity index (χ0) is 13.9. The maximum Gasteiger partial charge on any atom is 0.173 e. The van der Waals surface area contributed by atoms with E-state index in [9.17, 15) is 0 Å². The minimum absolute atomic E-state index is 0.383. The van der Waals surface area contributed by atoms with E-state index in [1.54, 1.807) is 5.57 Å². The molecule has 1 heterocycles. The molecule has 2 aliphatic rings. The Labute approximate surface area is 122 Å². The molecule has 0 aromatic heterocycles. The van der Waals surface area contributed by atoms with Crippen LogP contribution in [0.5, 0.6) is 0 Å².